The lowest BCUT2D eigenvalue weighted by molar-refractivity contribution is -0.137. The molecule has 220 valence electrons. The smallest absolute Gasteiger partial charge is 0.390 e. The third-order valence-electron chi connectivity index (χ3n) is 7.66. The Labute approximate surface area is 238 Å². The molecule has 2 unspecified atom stereocenters. The minimum atomic E-state index is -4.44. The SMILES string of the molecule is CCC(CC)N1CCn2c(C(=O)NC(Cc3ccccc3)C(O)CNCc3cccc(C(F)(F)F)c3)ccc2C1=O. The van der Waals surface area contributed by atoms with Crippen molar-refractivity contribution in [3.05, 3.63) is 94.8 Å². The summed E-state index contributed by atoms with van der Waals surface area (Å²) in [5.74, 6) is -0.499. The van der Waals surface area contributed by atoms with Crippen LogP contribution in [0.5, 0.6) is 0 Å². The molecule has 2 atom stereocenters. The predicted octanol–water partition coefficient (Wildman–Crippen LogP) is 4.64. The topological polar surface area (TPSA) is 86.6 Å². The van der Waals surface area contributed by atoms with Crippen LogP contribution in [0.15, 0.2) is 66.7 Å². The Morgan fingerprint density at radius 1 is 0.976 bits per heavy atom. The number of fused-ring (bicyclic) bond motifs is 1. The van der Waals surface area contributed by atoms with Crippen LogP contribution in [0.3, 0.4) is 0 Å². The van der Waals surface area contributed by atoms with Gasteiger partial charge in [0.2, 0.25) is 0 Å². The Balaban J connectivity index is 1.45. The van der Waals surface area contributed by atoms with E-state index in [1.54, 1.807) is 22.8 Å². The Morgan fingerprint density at radius 3 is 2.37 bits per heavy atom. The number of aliphatic hydroxyl groups is 1. The lowest BCUT2D eigenvalue weighted by Gasteiger charge is -2.35. The molecule has 41 heavy (non-hydrogen) atoms. The molecule has 0 spiro atoms. The molecule has 0 fully saturated rings. The molecule has 1 aromatic heterocycles. The summed E-state index contributed by atoms with van der Waals surface area (Å²) in [5, 5.41) is 17.0. The van der Waals surface area contributed by atoms with Crippen LogP contribution >= 0.6 is 0 Å². The summed E-state index contributed by atoms with van der Waals surface area (Å²) in [5.41, 5.74) is 1.42. The average Bonchev–Trinajstić information content (AvgIpc) is 3.40. The van der Waals surface area contributed by atoms with Gasteiger partial charge in [-0.3, -0.25) is 9.59 Å². The van der Waals surface area contributed by atoms with Gasteiger partial charge in [0.25, 0.3) is 11.8 Å². The number of amides is 2. The van der Waals surface area contributed by atoms with Crippen molar-refractivity contribution in [3.63, 3.8) is 0 Å². The second-order valence-corrected chi connectivity index (χ2v) is 10.4. The monoisotopic (exact) mass is 570 g/mol. The van der Waals surface area contributed by atoms with E-state index in [9.17, 15) is 27.9 Å². The maximum atomic E-state index is 13.4. The molecule has 0 radical (unpaired) electrons. The number of nitrogens with zero attached hydrogens (tertiary/aromatic N) is 2. The molecular weight excluding hydrogens is 533 g/mol. The van der Waals surface area contributed by atoms with Crippen LogP contribution < -0.4 is 10.6 Å². The van der Waals surface area contributed by atoms with E-state index in [-0.39, 0.29) is 25.0 Å². The standard InChI is InChI=1S/C31H37F3N4O3/c1-3-24(4-2)37-15-16-38-26(13-14-27(38)30(37)41)29(40)36-25(18-21-9-6-5-7-10-21)28(39)20-35-19-22-11-8-12-23(17-22)31(32,33)34/h5-14,17,24-25,28,35,39H,3-4,15-16,18-20H2,1-2H3,(H,36,40). The minimum absolute atomic E-state index is 0.0448. The summed E-state index contributed by atoms with van der Waals surface area (Å²) >= 11 is 0. The zero-order valence-corrected chi connectivity index (χ0v) is 23.3. The van der Waals surface area contributed by atoms with E-state index in [1.165, 1.54) is 6.07 Å². The Kier molecular flexibility index (Phi) is 9.88. The molecule has 0 saturated carbocycles. The van der Waals surface area contributed by atoms with Gasteiger partial charge in [0.15, 0.2) is 0 Å². The summed E-state index contributed by atoms with van der Waals surface area (Å²) in [6, 6.07) is 17.2. The third-order valence-corrected chi connectivity index (χ3v) is 7.66. The molecule has 7 nitrogen and oxygen atoms in total. The Bertz CT molecular complexity index is 1320. The third kappa shape index (κ3) is 7.37. The van der Waals surface area contributed by atoms with Crippen LogP contribution in [-0.4, -0.2) is 57.7 Å². The summed E-state index contributed by atoms with van der Waals surface area (Å²) in [6.07, 6.45) is -3.41. The molecule has 2 heterocycles. The molecule has 0 saturated heterocycles. The van der Waals surface area contributed by atoms with Gasteiger partial charge < -0.3 is 25.2 Å². The van der Waals surface area contributed by atoms with Crippen LogP contribution in [0, 0.1) is 0 Å². The number of hydrogen-bond donors (Lipinski definition) is 3. The van der Waals surface area contributed by atoms with E-state index in [2.05, 4.69) is 24.5 Å². The second-order valence-electron chi connectivity index (χ2n) is 10.4. The fourth-order valence-electron chi connectivity index (χ4n) is 5.39. The van der Waals surface area contributed by atoms with Crippen LogP contribution in [0.1, 0.15) is 64.4 Å². The lowest BCUT2D eigenvalue weighted by Crippen LogP contribution is -2.50. The highest BCUT2D eigenvalue weighted by Crippen LogP contribution is 2.29. The zero-order valence-electron chi connectivity index (χ0n) is 23.3. The zero-order chi connectivity index (χ0) is 29.6. The van der Waals surface area contributed by atoms with Crippen LogP contribution in [0.25, 0.3) is 0 Å². The normalized spacial score (nSPS) is 15.1. The van der Waals surface area contributed by atoms with E-state index in [4.69, 9.17) is 0 Å². The van der Waals surface area contributed by atoms with Gasteiger partial charge in [-0.15, -0.1) is 0 Å². The first-order valence-electron chi connectivity index (χ1n) is 14.0. The van der Waals surface area contributed by atoms with E-state index in [1.807, 2.05) is 35.2 Å². The molecule has 4 rings (SSSR count). The first-order chi connectivity index (χ1) is 19.6. The maximum Gasteiger partial charge on any atom is 0.416 e. The highest BCUT2D eigenvalue weighted by atomic mass is 19.4. The quantitative estimate of drug-likeness (QED) is 0.296. The average molecular weight is 571 g/mol. The second kappa shape index (κ2) is 13.4. The van der Waals surface area contributed by atoms with Gasteiger partial charge in [-0.2, -0.15) is 13.2 Å². The molecular formula is C31H37F3N4O3. The van der Waals surface area contributed by atoms with Gasteiger partial charge in [-0.05, 0) is 48.6 Å². The number of carbonyl (C=O) groups excluding carboxylic acids is 2. The number of rotatable bonds is 12. The fraction of sp³-hybridized carbons (Fsp3) is 0.419. The molecule has 2 amide bonds. The molecule has 0 aliphatic carbocycles. The Hall–Kier alpha value is -3.63. The van der Waals surface area contributed by atoms with E-state index >= 15 is 0 Å². The number of benzene rings is 2. The fourth-order valence-corrected chi connectivity index (χ4v) is 5.39. The van der Waals surface area contributed by atoms with Crippen LogP contribution in [0.2, 0.25) is 0 Å². The number of alkyl halides is 3. The van der Waals surface area contributed by atoms with Crippen molar-refractivity contribution in [3.8, 4) is 0 Å². The molecule has 1 aliphatic rings. The van der Waals surface area contributed by atoms with Gasteiger partial charge in [-0.1, -0.05) is 62.4 Å². The lowest BCUT2D eigenvalue weighted by atomic mass is 10.0. The van der Waals surface area contributed by atoms with Crippen molar-refractivity contribution < 1.29 is 27.9 Å². The molecule has 3 aromatic rings. The van der Waals surface area contributed by atoms with Crippen molar-refractivity contribution in [2.75, 3.05) is 13.1 Å². The summed E-state index contributed by atoms with van der Waals surface area (Å²) in [4.78, 5) is 28.5. The largest absolute Gasteiger partial charge is 0.416 e. The summed E-state index contributed by atoms with van der Waals surface area (Å²) < 4.78 is 40.9. The number of aliphatic hydroxyl groups excluding tert-OH is 1. The van der Waals surface area contributed by atoms with Crippen molar-refractivity contribution in [1.29, 1.82) is 0 Å². The molecule has 0 bridgehead atoms. The van der Waals surface area contributed by atoms with Crippen molar-refractivity contribution in [2.45, 2.75) is 70.6 Å². The van der Waals surface area contributed by atoms with Crippen molar-refractivity contribution >= 4 is 11.8 Å². The van der Waals surface area contributed by atoms with Crippen LogP contribution in [-0.2, 0) is 25.7 Å². The summed E-state index contributed by atoms with van der Waals surface area (Å²) in [7, 11) is 0. The number of halogens is 3. The Morgan fingerprint density at radius 2 is 1.68 bits per heavy atom. The van der Waals surface area contributed by atoms with Gasteiger partial charge in [0.1, 0.15) is 11.4 Å². The number of nitrogens with one attached hydrogen (secondary N) is 2. The molecule has 1 aliphatic heterocycles. The highest BCUT2D eigenvalue weighted by Gasteiger charge is 2.32. The molecule has 2 aromatic carbocycles. The van der Waals surface area contributed by atoms with Gasteiger partial charge in [0, 0.05) is 32.2 Å². The molecule has 3 N–H and O–H groups in total. The van der Waals surface area contributed by atoms with E-state index in [0.29, 0.717) is 36.5 Å². The number of aromatic nitrogens is 1. The maximum absolute atomic E-state index is 13.4. The van der Waals surface area contributed by atoms with E-state index in [0.717, 1.165) is 30.5 Å². The minimum Gasteiger partial charge on any atom is -0.390 e. The van der Waals surface area contributed by atoms with Gasteiger partial charge >= 0.3 is 6.18 Å². The molecule has 10 heteroatoms. The van der Waals surface area contributed by atoms with Crippen molar-refractivity contribution in [1.82, 2.24) is 20.1 Å². The first kappa shape index (κ1) is 30.3. The van der Waals surface area contributed by atoms with E-state index < -0.39 is 29.8 Å². The number of hydrogen-bond acceptors (Lipinski definition) is 4. The van der Waals surface area contributed by atoms with Gasteiger partial charge in [0.05, 0.1) is 17.7 Å². The highest BCUT2D eigenvalue weighted by molar-refractivity contribution is 5.99. The number of carbonyl (C=O) groups is 2. The van der Waals surface area contributed by atoms with Crippen LogP contribution in [0.4, 0.5) is 13.2 Å². The van der Waals surface area contributed by atoms with Gasteiger partial charge in [-0.25, -0.2) is 0 Å². The summed E-state index contributed by atoms with van der Waals surface area (Å²) in [6.45, 7) is 5.29. The first-order valence-corrected chi connectivity index (χ1v) is 14.0. The van der Waals surface area contributed by atoms with Crippen molar-refractivity contribution in [2.24, 2.45) is 0 Å². The predicted molar refractivity (Wildman–Crippen MR) is 150 cm³/mol.